The van der Waals surface area contributed by atoms with Gasteiger partial charge < -0.3 is 10.0 Å². The molecule has 1 atom stereocenters. The highest BCUT2D eigenvalue weighted by atomic mass is 16.4. The number of aromatic nitrogens is 1. The van der Waals surface area contributed by atoms with Crippen LogP contribution in [0.5, 0.6) is 0 Å². The van der Waals surface area contributed by atoms with Crippen molar-refractivity contribution in [2.45, 2.75) is 33.1 Å². The van der Waals surface area contributed by atoms with Gasteiger partial charge in [0.1, 0.15) is 5.82 Å². The van der Waals surface area contributed by atoms with Crippen LogP contribution in [0, 0.1) is 12.8 Å². The fraction of sp³-hybridized carbons (Fsp3) is 0.571. The van der Waals surface area contributed by atoms with E-state index in [0.29, 0.717) is 11.3 Å². The van der Waals surface area contributed by atoms with E-state index in [1.54, 1.807) is 13.0 Å². The first-order chi connectivity index (χ1) is 8.58. The summed E-state index contributed by atoms with van der Waals surface area (Å²) < 4.78 is 0. The molecule has 2 rings (SSSR count). The largest absolute Gasteiger partial charge is 0.478 e. The maximum atomic E-state index is 11.0. The molecule has 0 aliphatic carbocycles. The molecule has 0 aromatic carbocycles. The first-order valence-corrected chi connectivity index (χ1v) is 6.54. The van der Waals surface area contributed by atoms with Crippen LogP contribution in [0.2, 0.25) is 0 Å². The molecule has 1 aliphatic heterocycles. The summed E-state index contributed by atoms with van der Waals surface area (Å²) in [7, 11) is 0. The summed E-state index contributed by atoms with van der Waals surface area (Å²) in [4.78, 5) is 17.6. The average molecular weight is 248 g/mol. The van der Waals surface area contributed by atoms with Gasteiger partial charge in [-0.3, -0.25) is 0 Å². The topological polar surface area (TPSA) is 53.4 Å². The second kappa shape index (κ2) is 5.38. The van der Waals surface area contributed by atoms with Gasteiger partial charge in [0.15, 0.2) is 0 Å². The van der Waals surface area contributed by atoms with E-state index < -0.39 is 5.97 Å². The molecule has 4 nitrogen and oxygen atoms in total. The summed E-state index contributed by atoms with van der Waals surface area (Å²) >= 11 is 0. The maximum absolute atomic E-state index is 11.0. The average Bonchev–Trinajstić information content (AvgIpc) is 2.53. The van der Waals surface area contributed by atoms with Gasteiger partial charge in [-0.25, -0.2) is 9.78 Å². The molecular weight excluding hydrogens is 228 g/mol. The Bertz CT molecular complexity index is 445. The molecule has 1 saturated heterocycles. The lowest BCUT2D eigenvalue weighted by molar-refractivity contribution is 0.0695. The Morgan fingerprint density at radius 2 is 2.17 bits per heavy atom. The van der Waals surface area contributed by atoms with Crippen LogP contribution in [0.3, 0.4) is 0 Å². The van der Waals surface area contributed by atoms with Crippen LogP contribution < -0.4 is 4.90 Å². The Labute approximate surface area is 108 Å². The van der Waals surface area contributed by atoms with Crippen molar-refractivity contribution >= 4 is 11.8 Å². The molecule has 0 saturated carbocycles. The molecule has 4 heteroatoms. The fourth-order valence-corrected chi connectivity index (χ4v) is 2.44. The van der Waals surface area contributed by atoms with Crippen LogP contribution >= 0.6 is 0 Å². The van der Waals surface area contributed by atoms with Crippen LogP contribution in [0.25, 0.3) is 0 Å². The highest BCUT2D eigenvalue weighted by Gasteiger charge is 2.16. The van der Waals surface area contributed by atoms with E-state index in [-0.39, 0.29) is 0 Å². The molecule has 1 aromatic heterocycles. The molecule has 0 amide bonds. The molecule has 0 radical (unpaired) electrons. The molecule has 98 valence electrons. The maximum Gasteiger partial charge on any atom is 0.337 e. The number of carbonyl (C=O) groups is 1. The zero-order valence-electron chi connectivity index (χ0n) is 11.0. The van der Waals surface area contributed by atoms with Crippen molar-refractivity contribution in [1.29, 1.82) is 0 Å². The van der Waals surface area contributed by atoms with E-state index in [9.17, 15) is 4.79 Å². The van der Waals surface area contributed by atoms with Gasteiger partial charge >= 0.3 is 5.97 Å². The van der Waals surface area contributed by atoms with Crippen LogP contribution in [-0.4, -0.2) is 29.1 Å². The third kappa shape index (κ3) is 2.81. The van der Waals surface area contributed by atoms with Crippen LogP contribution in [-0.2, 0) is 0 Å². The molecule has 0 bridgehead atoms. The fourth-order valence-electron chi connectivity index (χ4n) is 2.44. The van der Waals surface area contributed by atoms with Gasteiger partial charge in [-0.05, 0) is 44.2 Å². The first-order valence-electron chi connectivity index (χ1n) is 6.54. The lowest BCUT2D eigenvalue weighted by atomic mass is 10.0. The zero-order chi connectivity index (χ0) is 13.1. The molecular formula is C14H20N2O2. The highest BCUT2D eigenvalue weighted by Crippen LogP contribution is 2.22. The highest BCUT2D eigenvalue weighted by molar-refractivity contribution is 5.89. The number of pyridine rings is 1. The Morgan fingerprint density at radius 3 is 2.83 bits per heavy atom. The van der Waals surface area contributed by atoms with E-state index in [0.717, 1.165) is 24.8 Å². The van der Waals surface area contributed by atoms with Gasteiger partial charge in [0.05, 0.1) is 11.3 Å². The van der Waals surface area contributed by atoms with E-state index in [4.69, 9.17) is 5.11 Å². The van der Waals surface area contributed by atoms with Crippen molar-refractivity contribution in [3.8, 4) is 0 Å². The number of aromatic carboxylic acids is 1. The zero-order valence-corrected chi connectivity index (χ0v) is 11.0. The van der Waals surface area contributed by atoms with Crippen LogP contribution in [0.4, 0.5) is 5.82 Å². The molecule has 0 spiro atoms. The molecule has 18 heavy (non-hydrogen) atoms. The number of carboxylic acids is 1. The van der Waals surface area contributed by atoms with Gasteiger partial charge in [-0.15, -0.1) is 0 Å². The number of hydrogen-bond acceptors (Lipinski definition) is 3. The number of anilines is 1. The molecule has 1 aliphatic rings. The summed E-state index contributed by atoms with van der Waals surface area (Å²) in [6.07, 6.45) is 3.63. The molecule has 1 fully saturated rings. The predicted molar refractivity (Wildman–Crippen MR) is 71.2 cm³/mol. The summed E-state index contributed by atoms with van der Waals surface area (Å²) in [5.74, 6) is 0.775. The van der Waals surface area contributed by atoms with Gasteiger partial charge in [-0.1, -0.05) is 6.92 Å². The number of nitrogens with zero attached hydrogens (tertiary/aromatic N) is 2. The number of rotatable bonds is 2. The minimum atomic E-state index is -0.906. The quantitative estimate of drug-likeness (QED) is 0.874. The third-order valence-corrected chi connectivity index (χ3v) is 3.64. The van der Waals surface area contributed by atoms with E-state index in [1.165, 1.54) is 19.3 Å². The molecule has 1 unspecified atom stereocenters. The van der Waals surface area contributed by atoms with Gasteiger partial charge in [-0.2, -0.15) is 0 Å². The van der Waals surface area contributed by atoms with E-state index >= 15 is 0 Å². The van der Waals surface area contributed by atoms with Gasteiger partial charge in [0, 0.05) is 13.1 Å². The third-order valence-electron chi connectivity index (χ3n) is 3.64. The second-order valence-electron chi connectivity index (χ2n) is 5.13. The minimum Gasteiger partial charge on any atom is -0.478 e. The van der Waals surface area contributed by atoms with E-state index in [1.807, 2.05) is 6.07 Å². The predicted octanol–water partition coefficient (Wildman–Crippen LogP) is 2.71. The van der Waals surface area contributed by atoms with E-state index in [2.05, 4.69) is 16.8 Å². The Balaban J connectivity index is 2.18. The summed E-state index contributed by atoms with van der Waals surface area (Å²) in [6.45, 7) is 6.08. The first kappa shape index (κ1) is 12.9. The Kier molecular flexibility index (Phi) is 3.84. The van der Waals surface area contributed by atoms with Crippen molar-refractivity contribution < 1.29 is 9.90 Å². The van der Waals surface area contributed by atoms with Crippen molar-refractivity contribution in [1.82, 2.24) is 4.98 Å². The Morgan fingerprint density at radius 1 is 1.39 bits per heavy atom. The van der Waals surface area contributed by atoms with Crippen molar-refractivity contribution in [2.24, 2.45) is 5.92 Å². The summed E-state index contributed by atoms with van der Waals surface area (Å²) in [6, 6.07) is 3.49. The molecule has 2 heterocycles. The second-order valence-corrected chi connectivity index (χ2v) is 5.13. The molecule has 1 N–H and O–H groups in total. The van der Waals surface area contributed by atoms with Crippen molar-refractivity contribution in [2.75, 3.05) is 18.0 Å². The monoisotopic (exact) mass is 248 g/mol. The van der Waals surface area contributed by atoms with Gasteiger partial charge in [0.25, 0.3) is 0 Å². The summed E-state index contributed by atoms with van der Waals surface area (Å²) in [5, 5.41) is 8.99. The number of carboxylic acid groups (broad SMARTS) is 1. The van der Waals surface area contributed by atoms with Crippen LogP contribution in [0.1, 0.15) is 42.2 Å². The van der Waals surface area contributed by atoms with Crippen molar-refractivity contribution in [3.63, 3.8) is 0 Å². The van der Waals surface area contributed by atoms with Gasteiger partial charge in [0.2, 0.25) is 0 Å². The normalized spacial score (nSPS) is 20.6. The SMILES string of the molecule is Cc1nc(N2CCCC(C)CC2)ccc1C(=O)O. The standard InChI is InChI=1S/C14H20N2O2/c1-10-4-3-8-16(9-7-10)13-6-5-12(14(17)18)11(2)15-13/h5-6,10H,3-4,7-9H2,1-2H3,(H,17,18). The lowest BCUT2D eigenvalue weighted by Crippen LogP contribution is -2.25. The summed E-state index contributed by atoms with van der Waals surface area (Å²) in [5.41, 5.74) is 0.888. The molecule has 1 aromatic rings. The Hall–Kier alpha value is -1.58. The van der Waals surface area contributed by atoms with Crippen LogP contribution in [0.15, 0.2) is 12.1 Å². The number of hydrogen-bond donors (Lipinski definition) is 1. The smallest absolute Gasteiger partial charge is 0.337 e. The lowest BCUT2D eigenvalue weighted by Gasteiger charge is -2.22. The minimum absolute atomic E-state index is 0.293. The number of aryl methyl sites for hydroxylation is 1. The van der Waals surface area contributed by atoms with Crippen molar-refractivity contribution in [3.05, 3.63) is 23.4 Å².